The molecule has 0 fully saturated rings. The smallest absolute Gasteiger partial charge is 0.407 e. The molecule has 1 aromatic heterocycles. The number of aliphatic hydroxyl groups is 1. The molecular formula is C37H51F2N5O7Si. The molecule has 0 bridgehead atoms. The predicted molar refractivity (Wildman–Crippen MR) is 196 cm³/mol. The number of hydrogen-bond donors (Lipinski definition) is 5. The summed E-state index contributed by atoms with van der Waals surface area (Å²) < 4.78 is 36.6. The summed E-state index contributed by atoms with van der Waals surface area (Å²) in [6, 6.07) is 11.3. The number of aromatic nitrogens is 1. The van der Waals surface area contributed by atoms with Gasteiger partial charge in [0, 0.05) is 50.7 Å². The van der Waals surface area contributed by atoms with E-state index in [1.165, 1.54) is 4.90 Å². The predicted octanol–water partition coefficient (Wildman–Crippen LogP) is 4.74. The van der Waals surface area contributed by atoms with E-state index in [1.807, 2.05) is 55.7 Å². The molecule has 284 valence electrons. The van der Waals surface area contributed by atoms with Crippen molar-refractivity contribution >= 4 is 32.0 Å². The number of carboxylic acid groups (broad SMARTS) is 1. The van der Waals surface area contributed by atoms with Crippen LogP contribution in [0.1, 0.15) is 44.5 Å². The van der Waals surface area contributed by atoms with Crippen LogP contribution in [-0.4, -0.2) is 90.0 Å². The Labute approximate surface area is 304 Å². The number of hydrogen-bond acceptors (Lipinski definition) is 7. The van der Waals surface area contributed by atoms with Gasteiger partial charge in [-0.1, -0.05) is 70.7 Å². The molecule has 12 nitrogen and oxygen atoms in total. The van der Waals surface area contributed by atoms with Gasteiger partial charge in [0.05, 0.1) is 12.6 Å². The molecule has 3 aromatic rings. The molecular weight excluding hydrogens is 693 g/mol. The summed E-state index contributed by atoms with van der Waals surface area (Å²) in [7, 11) is -1.56. The quantitative estimate of drug-likeness (QED) is 0.123. The minimum absolute atomic E-state index is 0.0159. The third-order valence-electron chi connectivity index (χ3n) is 8.44. The summed E-state index contributed by atoms with van der Waals surface area (Å²) in [5.74, 6) is -4.21. The molecule has 3 rings (SSSR count). The van der Waals surface area contributed by atoms with Crippen LogP contribution in [0.5, 0.6) is 0 Å². The molecule has 0 unspecified atom stereocenters. The highest BCUT2D eigenvalue weighted by Crippen LogP contribution is 2.41. The molecule has 0 aliphatic carbocycles. The Morgan fingerprint density at radius 3 is 2.25 bits per heavy atom. The van der Waals surface area contributed by atoms with E-state index in [-0.39, 0.29) is 25.1 Å². The van der Waals surface area contributed by atoms with Crippen molar-refractivity contribution < 1.29 is 42.9 Å². The lowest BCUT2D eigenvalue weighted by molar-refractivity contribution is -0.142. The van der Waals surface area contributed by atoms with Crippen molar-refractivity contribution in [2.45, 2.75) is 77.5 Å². The second-order valence-electron chi connectivity index (χ2n) is 15.0. The van der Waals surface area contributed by atoms with Crippen LogP contribution < -0.4 is 16.4 Å². The van der Waals surface area contributed by atoms with Crippen molar-refractivity contribution in [1.29, 1.82) is 0 Å². The largest absolute Gasteiger partial charge is 0.480 e. The number of carbonyl (C=O) groups is 4. The van der Waals surface area contributed by atoms with Crippen molar-refractivity contribution in [3.05, 3.63) is 83.7 Å². The number of nitrogens with one attached hydrogen (secondary N) is 2. The van der Waals surface area contributed by atoms with Gasteiger partial charge in [-0.25, -0.2) is 18.4 Å². The number of ether oxygens (including phenoxy) is 1. The zero-order valence-corrected chi connectivity index (χ0v) is 31.6. The van der Waals surface area contributed by atoms with Gasteiger partial charge in [0.2, 0.25) is 11.8 Å². The molecule has 0 saturated carbocycles. The van der Waals surface area contributed by atoms with Crippen molar-refractivity contribution in [3.63, 3.8) is 0 Å². The zero-order chi connectivity index (χ0) is 38.8. The van der Waals surface area contributed by atoms with Crippen molar-refractivity contribution in [1.82, 2.24) is 20.1 Å². The molecule has 1 heterocycles. The molecule has 2 aromatic carbocycles. The van der Waals surface area contributed by atoms with E-state index in [0.29, 0.717) is 23.8 Å². The monoisotopic (exact) mass is 743 g/mol. The Morgan fingerprint density at radius 2 is 1.67 bits per heavy atom. The molecule has 0 aliphatic heterocycles. The maximum atomic E-state index is 15.1. The van der Waals surface area contributed by atoms with Gasteiger partial charge >= 0.3 is 12.1 Å². The van der Waals surface area contributed by atoms with Crippen LogP contribution in [0.3, 0.4) is 0 Å². The Morgan fingerprint density at radius 1 is 1.00 bits per heavy atom. The normalized spacial score (nSPS) is 13.5. The highest BCUT2D eigenvalue weighted by Gasteiger charge is 2.38. The fraction of sp³-hybridized carbons (Fsp3) is 0.459. The van der Waals surface area contributed by atoms with E-state index >= 15 is 4.39 Å². The molecule has 3 atom stereocenters. The third-order valence-corrected chi connectivity index (χ3v) is 10.1. The fourth-order valence-electron chi connectivity index (χ4n) is 5.77. The second-order valence-corrected chi connectivity index (χ2v) is 20.6. The van der Waals surface area contributed by atoms with Crippen LogP contribution in [-0.2, 0) is 25.7 Å². The van der Waals surface area contributed by atoms with Crippen LogP contribution in [0.2, 0.25) is 25.7 Å². The number of aliphatic carboxylic acids is 1. The summed E-state index contributed by atoms with van der Waals surface area (Å²) in [5.41, 5.74) is 6.61. The van der Waals surface area contributed by atoms with Crippen LogP contribution in [0.4, 0.5) is 13.6 Å². The first kappa shape index (κ1) is 41.8. The number of benzene rings is 2. The van der Waals surface area contributed by atoms with Gasteiger partial charge in [-0.15, -0.1) is 0 Å². The molecule has 0 radical (unpaired) electrons. The minimum atomic E-state index is -1.56. The average Bonchev–Trinajstić information content (AvgIpc) is 3.46. The van der Waals surface area contributed by atoms with E-state index in [4.69, 9.17) is 10.5 Å². The van der Waals surface area contributed by atoms with E-state index < -0.39 is 80.3 Å². The Hall–Kier alpha value is -4.60. The average molecular weight is 744 g/mol. The van der Waals surface area contributed by atoms with Gasteiger partial charge in [0.1, 0.15) is 30.3 Å². The van der Waals surface area contributed by atoms with Gasteiger partial charge < -0.3 is 40.8 Å². The van der Waals surface area contributed by atoms with Crippen LogP contribution >= 0.6 is 0 Å². The molecule has 52 heavy (non-hydrogen) atoms. The van der Waals surface area contributed by atoms with Gasteiger partial charge in [-0.2, -0.15) is 0 Å². The molecule has 0 aliphatic rings. The summed E-state index contributed by atoms with van der Waals surface area (Å²) in [4.78, 5) is 53.0. The topological polar surface area (TPSA) is 176 Å². The number of rotatable bonds is 17. The first-order chi connectivity index (χ1) is 24.3. The minimum Gasteiger partial charge on any atom is -0.480 e. The number of halogens is 2. The lowest BCUT2D eigenvalue weighted by Gasteiger charge is -2.41. The van der Waals surface area contributed by atoms with Crippen LogP contribution in [0.15, 0.2) is 60.8 Å². The van der Waals surface area contributed by atoms with Gasteiger partial charge in [-0.05, 0) is 47.7 Å². The molecule has 3 amide bonds. The molecule has 6 N–H and O–H groups in total. The molecule has 0 spiro atoms. The number of nitrogens with two attached hydrogens (primary N) is 1. The van der Waals surface area contributed by atoms with Crippen LogP contribution in [0, 0.1) is 17.0 Å². The lowest BCUT2D eigenvalue weighted by Crippen LogP contribution is -2.55. The van der Waals surface area contributed by atoms with Crippen LogP contribution in [0.25, 0.3) is 11.1 Å². The first-order valence-electron chi connectivity index (χ1n) is 17.1. The number of aliphatic hydroxyl groups excluding tert-OH is 1. The molecule has 0 saturated heterocycles. The standard InChI is InChI=1S/C37H51F2N5O7Si/c1-37(2,3)33(31-18-25(27-19-26(38)12-13-28(27)39)22-43(31)21-24-10-8-7-9-11-24)44(32(46)23-45)15-14-29(34(47)41-30(20-40)35(48)49)42-36(50)51-16-17-52(4,5)6/h7-13,18-19,22,29-30,33,45H,14-17,20-21,23,40H2,1-6H3,(H,41,47)(H,42,50)(H,48,49)/t29-,30+,33-/m0/s1. The summed E-state index contributed by atoms with van der Waals surface area (Å²) in [6.45, 7) is 10.8. The number of nitrogens with zero attached hydrogens (tertiary/aromatic N) is 2. The highest BCUT2D eigenvalue weighted by atomic mass is 28.3. The Kier molecular flexibility index (Phi) is 14.7. The number of amides is 3. The molecule has 15 heteroatoms. The lowest BCUT2D eigenvalue weighted by atomic mass is 9.82. The van der Waals surface area contributed by atoms with Crippen molar-refractivity contribution in [2.75, 3.05) is 26.3 Å². The summed E-state index contributed by atoms with van der Waals surface area (Å²) in [5, 5.41) is 24.5. The number of carboxylic acids is 1. The SMILES string of the molecule is CC(C)(C)[C@H](c1cc(-c2cc(F)ccc2F)cn1Cc1ccccc1)N(CC[C@H](NC(=O)OCC[Si](C)(C)C)C(=O)N[C@H](CN)C(=O)O)C(=O)CO. The summed E-state index contributed by atoms with van der Waals surface area (Å²) >= 11 is 0. The zero-order valence-electron chi connectivity index (χ0n) is 30.6. The van der Waals surface area contributed by atoms with E-state index in [2.05, 4.69) is 30.3 Å². The highest BCUT2D eigenvalue weighted by molar-refractivity contribution is 6.76. The number of alkyl carbamates (subject to hydrolysis) is 1. The van der Waals surface area contributed by atoms with Gasteiger partial charge in [0.25, 0.3) is 0 Å². The Balaban J connectivity index is 2.08. The Bertz CT molecular complexity index is 1690. The third kappa shape index (κ3) is 12.0. The maximum absolute atomic E-state index is 15.1. The number of carbonyl (C=O) groups excluding carboxylic acids is 3. The van der Waals surface area contributed by atoms with E-state index in [9.17, 15) is 33.8 Å². The summed E-state index contributed by atoms with van der Waals surface area (Å²) in [6.07, 6.45) is 0.562. The van der Waals surface area contributed by atoms with Crippen molar-refractivity contribution in [2.24, 2.45) is 11.1 Å². The maximum Gasteiger partial charge on any atom is 0.407 e. The second kappa shape index (κ2) is 18.2. The van der Waals surface area contributed by atoms with E-state index in [0.717, 1.165) is 23.8 Å². The van der Waals surface area contributed by atoms with Gasteiger partial charge in [0.15, 0.2) is 0 Å². The van der Waals surface area contributed by atoms with E-state index in [1.54, 1.807) is 12.3 Å². The van der Waals surface area contributed by atoms with Crippen molar-refractivity contribution in [3.8, 4) is 11.1 Å². The fourth-order valence-corrected chi connectivity index (χ4v) is 6.48. The first-order valence-corrected chi connectivity index (χ1v) is 20.8. The van der Waals surface area contributed by atoms with Gasteiger partial charge in [-0.3, -0.25) is 9.59 Å².